The Balaban J connectivity index is 1.19. The Morgan fingerprint density at radius 1 is 0.333 bits per heavy atom. The molecule has 0 bridgehead atoms. The lowest BCUT2D eigenvalue weighted by Crippen LogP contribution is -2.00. The first-order chi connectivity index (χ1) is 25.2. The van der Waals surface area contributed by atoms with Gasteiger partial charge in [-0.1, -0.05) is 146 Å². The molecule has 10 rings (SSSR count). The zero-order valence-corrected chi connectivity index (χ0v) is 27.5. The molecule has 0 aliphatic carbocycles. The standard InChI is InChI=1S/C47H29N3O/c1-4-12-30(13-5-1)33-20-21-35-27-38(25-23-34(35)26-33)46-48-45(32-16-8-3-9-17-32)49-47(50-46)41-29-37-24-22-36(31-14-6-2-7-15-31)28-40(37)44-43(41)39-18-10-11-19-42(39)51-44/h1-29H. The van der Waals surface area contributed by atoms with Gasteiger partial charge in [-0.15, -0.1) is 0 Å². The van der Waals surface area contributed by atoms with E-state index in [9.17, 15) is 0 Å². The van der Waals surface area contributed by atoms with E-state index in [0.29, 0.717) is 17.5 Å². The van der Waals surface area contributed by atoms with E-state index in [1.165, 1.54) is 11.1 Å². The zero-order chi connectivity index (χ0) is 33.7. The van der Waals surface area contributed by atoms with Crippen molar-refractivity contribution in [1.82, 2.24) is 15.0 Å². The molecular formula is C47H29N3O. The smallest absolute Gasteiger partial charge is 0.164 e. The van der Waals surface area contributed by atoms with E-state index in [1.54, 1.807) is 0 Å². The number of fused-ring (bicyclic) bond motifs is 6. The number of para-hydroxylation sites is 1. The van der Waals surface area contributed by atoms with Gasteiger partial charge < -0.3 is 4.42 Å². The van der Waals surface area contributed by atoms with E-state index in [0.717, 1.165) is 71.3 Å². The maximum absolute atomic E-state index is 6.67. The zero-order valence-electron chi connectivity index (χ0n) is 27.5. The van der Waals surface area contributed by atoms with Crippen LogP contribution in [0.3, 0.4) is 0 Å². The van der Waals surface area contributed by atoms with Crippen LogP contribution in [-0.2, 0) is 0 Å². The number of rotatable bonds is 5. The molecule has 0 fully saturated rings. The predicted molar refractivity (Wildman–Crippen MR) is 209 cm³/mol. The number of furan rings is 1. The Kier molecular flexibility index (Phi) is 6.78. The molecule has 0 unspecified atom stereocenters. The van der Waals surface area contributed by atoms with Crippen molar-refractivity contribution in [3.63, 3.8) is 0 Å². The SMILES string of the molecule is c1ccc(-c2ccc3cc(-c4nc(-c5ccccc5)nc(-c5cc6ccc(-c7ccccc7)cc6c6oc7ccccc7c56)n4)ccc3c2)cc1. The first-order valence-electron chi connectivity index (χ1n) is 17.1. The van der Waals surface area contributed by atoms with E-state index < -0.39 is 0 Å². The van der Waals surface area contributed by atoms with Crippen molar-refractivity contribution in [2.75, 3.05) is 0 Å². The molecule has 0 saturated carbocycles. The number of benzene rings is 8. The molecule has 0 N–H and O–H groups in total. The van der Waals surface area contributed by atoms with Crippen LogP contribution in [-0.4, -0.2) is 15.0 Å². The molecule has 4 heteroatoms. The average Bonchev–Trinajstić information content (AvgIpc) is 3.61. The van der Waals surface area contributed by atoms with Gasteiger partial charge in [-0.25, -0.2) is 15.0 Å². The summed E-state index contributed by atoms with van der Waals surface area (Å²) in [5, 5.41) is 6.41. The normalized spacial score (nSPS) is 11.5. The van der Waals surface area contributed by atoms with Crippen LogP contribution >= 0.6 is 0 Å². The Bertz CT molecular complexity index is 2900. The number of hydrogen-bond acceptors (Lipinski definition) is 4. The van der Waals surface area contributed by atoms with Crippen LogP contribution < -0.4 is 0 Å². The lowest BCUT2D eigenvalue weighted by atomic mass is 9.96. The third-order valence-corrected chi connectivity index (χ3v) is 9.68. The molecule has 0 aliphatic rings. The van der Waals surface area contributed by atoms with Gasteiger partial charge in [0.15, 0.2) is 17.5 Å². The van der Waals surface area contributed by atoms with Gasteiger partial charge in [0, 0.05) is 32.8 Å². The van der Waals surface area contributed by atoms with Gasteiger partial charge in [-0.3, -0.25) is 0 Å². The fourth-order valence-corrected chi connectivity index (χ4v) is 7.13. The summed E-state index contributed by atoms with van der Waals surface area (Å²) in [7, 11) is 0. The fraction of sp³-hybridized carbons (Fsp3) is 0. The minimum absolute atomic E-state index is 0.601. The molecule has 0 amide bonds. The van der Waals surface area contributed by atoms with Crippen molar-refractivity contribution >= 4 is 43.5 Å². The van der Waals surface area contributed by atoms with Crippen LogP contribution in [0.2, 0.25) is 0 Å². The summed E-state index contributed by atoms with van der Waals surface area (Å²) in [6, 6.07) is 61.1. The van der Waals surface area contributed by atoms with Crippen LogP contribution in [0.25, 0.3) is 99.9 Å². The third-order valence-electron chi connectivity index (χ3n) is 9.68. The topological polar surface area (TPSA) is 51.8 Å². The highest BCUT2D eigenvalue weighted by Crippen LogP contribution is 2.42. The quantitative estimate of drug-likeness (QED) is 0.186. The van der Waals surface area contributed by atoms with Crippen LogP contribution in [0, 0.1) is 0 Å². The molecule has 238 valence electrons. The monoisotopic (exact) mass is 651 g/mol. The highest BCUT2D eigenvalue weighted by atomic mass is 16.3. The Morgan fingerprint density at radius 3 is 1.53 bits per heavy atom. The number of nitrogens with zero attached hydrogens (tertiary/aromatic N) is 3. The van der Waals surface area contributed by atoms with Crippen molar-refractivity contribution in [2.45, 2.75) is 0 Å². The summed E-state index contributed by atoms with van der Waals surface area (Å²) in [5.41, 5.74) is 9.10. The third kappa shape index (κ3) is 5.13. The molecule has 2 heterocycles. The lowest BCUT2D eigenvalue weighted by molar-refractivity contribution is 0.672. The van der Waals surface area contributed by atoms with E-state index >= 15 is 0 Å². The second-order valence-corrected chi connectivity index (χ2v) is 12.8. The molecule has 10 aromatic rings. The molecule has 0 atom stereocenters. The second kappa shape index (κ2) is 11.9. The fourth-order valence-electron chi connectivity index (χ4n) is 7.13. The van der Waals surface area contributed by atoms with Gasteiger partial charge in [0.2, 0.25) is 0 Å². The number of aromatic nitrogens is 3. The van der Waals surface area contributed by atoms with Gasteiger partial charge in [0.05, 0.1) is 0 Å². The van der Waals surface area contributed by atoms with Crippen molar-refractivity contribution in [1.29, 1.82) is 0 Å². The van der Waals surface area contributed by atoms with Crippen molar-refractivity contribution < 1.29 is 4.42 Å². The van der Waals surface area contributed by atoms with Crippen LogP contribution in [0.15, 0.2) is 180 Å². The summed E-state index contributed by atoms with van der Waals surface area (Å²) in [5.74, 6) is 1.84. The number of hydrogen-bond donors (Lipinski definition) is 0. The van der Waals surface area contributed by atoms with Gasteiger partial charge in [0.25, 0.3) is 0 Å². The minimum atomic E-state index is 0.601. The van der Waals surface area contributed by atoms with Crippen molar-refractivity contribution in [3.05, 3.63) is 176 Å². The van der Waals surface area contributed by atoms with Crippen LogP contribution in [0.4, 0.5) is 0 Å². The maximum Gasteiger partial charge on any atom is 0.164 e. The molecule has 0 spiro atoms. The van der Waals surface area contributed by atoms with E-state index in [1.807, 2.05) is 54.6 Å². The van der Waals surface area contributed by atoms with Crippen LogP contribution in [0.5, 0.6) is 0 Å². The van der Waals surface area contributed by atoms with E-state index in [4.69, 9.17) is 19.4 Å². The largest absolute Gasteiger partial charge is 0.455 e. The molecular weight excluding hydrogens is 623 g/mol. The van der Waals surface area contributed by atoms with Crippen molar-refractivity contribution in [3.8, 4) is 56.4 Å². The Labute approximate surface area is 294 Å². The summed E-state index contributed by atoms with van der Waals surface area (Å²) in [6.45, 7) is 0. The van der Waals surface area contributed by atoms with E-state index in [-0.39, 0.29) is 0 Å². The van der Waals surface area contributed by atoms with Gasteiger partial charge in [0.1, 0.15) is 11.2 Å². The summed E-state index contributed by atoms with van der Waals surface area (Å²) >= 11 is 0. The molecule has 8 aromatic carbocycles. The predicted octanol–water partition coefficient (Wildman–Crippen LogP) is 12.4. The van der Waals surface area contributed by atoms with Crippen LogP contribution in [0.1, 0.15) is 0 Å². The first kappa shape index (κ1) is 29.0. The highest BCUT2D eigenvalue weighted by molar-refractivity contribution is 6.21. The summed E-state index contributed by atoms with van der Waals surface area (Å²) < 4.78 is 6.67. The summed E-state index contributed by atoms with van der Waals surface area (Å²) in [4.78, 5) is 15.4. The first-order valence-corrected chi connectivity index (χ1v) is 17.1. The van der Waals surface area contributed by atoms with Gasteiger partial charge in [-0.05, 0) is 68.7 Å². The lowest BCUT2D eigenvalue weighted by Gasteiger charge is -2.12. The minimum Gasteiger partial charge on any atom is -0.455 e. The van der Waals surface area contributed by atoms with Crippen molar-refractivity contribution in [2.24, 2.45) is 0 Å². The Hall–Kier alpha value is -6.91. The molecule has 4 nitrogen and oxygen atoms in total. The van der Waals surface area contributed by atoms with Gasteiger partial charge in [-0.2, -0.15) is 0 Å². The summed E-state index contributed by atoms with van der Waals surface area (Å²) in [6.07, 6.45) is 0. The Morgan fingerprint density at radius 2 is 0.843 bits per heavy atom. The van der Waals surface area contributed by atoms with E-state index in [2.05, 4.69) is 121 Å². The molecule has 0 saturated heterocycles. The molecule has 2 aromatic heterocycles. The second-order valence-electron chi connectivity index (χ2n) is 12.8. The highest BCUT2D eigenvalue weighted by Gasteiger charge is 2.21. The molecule has 0 aliphatic heterocycles. The average molecular weight is 652 g/mol. The maximum atomic E-state index is 6.67. The molecule has 51 heavy (non-hydrogen) atoms. The van der Waals surface area contributed by atoms with Gasteiger partial charge >= 0.3 is 0 Å². The molecule has 0 radical (unpaired) electrons.